The van der Waals surface area contributed by atoms with Crippen LogP contribution in [-0.4, -0.2) is 28.4 Å². The molecule has 108 valence electrons. The zero-order valence-electron chi connectivity index (χ0n) is 13.0. The minimum atomic E-state index is 0.0316. The fourth-order valence-corrected chi connectivity index (χ4v) is 2.33. The molecule has 0 spiro atoms. The maximum Gasteiger partial charge on any atom is 0.131 e. The highest BCUT2D eigenvalue weighted by molar-refractivity contribution is 5.52. The van der Waals surface area contributed by atoms with E-state index in [0.717, 1.165) is 22.8 Å². The van der Waals surface area contributed by atoms with Gasteiger partial charge in [-0.3, -0.25) is 0 Å². The zero-order valence-corrected chi connectivity index (χ0v) is 13.0. The molecule has 0 aliphatic rings. The van der Waals surface area contributed by atoms with Crippen LogP contribution in [0.4, 0.5) is 0 Å². The molecule has 19 heavy (non-hydrogen) atoms. The summed E-state index contributed by atoms with van der Waals surface area (Å²) in [6.07, 6.45) is 0. The van der Waals surface area contributed by atoms with Crippen LogP contribution in [0, 0.1) is 5.41 Å². The van der Waals surface area contributed by atoms with Crippen LogP contribution in [0.5, 0.6) is 17.2 Å². The van der Waals surface area contributed by atoms with Crippen LogP contribution in [0.2, 0.25) is 0 Å². The van der Waals surface area contributed by atoms with E-state index < -0.39 is 0 Å². The second-order valence-electron chi connectivity index (χ2n) is 5.53. The van der Waals surface area contributed by atoms with Gasteiger partial charge in [-0.1, -0.05) is 20.8 Å². The Balaban J connectivity index is 3.46. The first kappa shape index (κ1) is 15.6. The van der Waals surface area contributed by atoms with Gasteiger partial charge in [-0.2, -0.15) is 0 Å². The van der Waals surface area contributed by atoms with Crippen LogP contribution < -0.4 is 19.5 Å². The van der Waals surface area contributed by atoms with Gasteiger partial charge in [-0.15, -0.1) is 0 Å². The minimum Gasteiger partial charge on any atom is -0.496 e. The summed E-state index contributed by atoms with van der Waals surface area (Å²) < 4.78 is 16.3. The molecule has 1 unspecified atom stereocenters. The van der Waals surface area contributed by atoms with Gasteiger partial charge in [0.2, 0.25) is 0 Å². The van der Waals surface area contributed by atoms with Crippen LogP contribution >= 0.6 is 0 Å². The van der Waals surface area contributed by atoms with Gasteiger partial charge in [0.1, 0.15) is 17.2 Å². The van der Waals surface area contributed by atoms with Gasteiger partial charge in [0.25, 0.3) is 0 Å². The number of hydrogen-bond donors (Lipinski definition) is 1. The molecule has 1 rings (SSSR count). The number of nitrogens with one attached hydrogen (secondary N) is 1. The summed E-state index contributed by atoms with van der Waals surface area (Å²) in [5.74, 6) is 2.26. The lowest BCUT2D eigenvalue weighted by Gasteiger charge is -2.33. The monoisotopic (exact) mass is 267 g/mol. The van der Waals surface area contributed by atoms with E-state index in [9.17, 15) is 0 Å². The van der Waals surface area contributed by atoms with Crippen LogP contribution in [0.25, 0.3) is 0 Å². The van der Waals surface area contributed by atoms with Gasteiger partial charge < -0.3 is 19.5 Å². The highest BCUT2D eigenvalue weighted by Gasteiger charge is 2.30. The summed E-state index contributed by atoms with van der Waals surface area (Å²) in [6, 6.07) is 3.88. The van der Waals surface area contributed by atoms with Crippen molar-refractivity contribution in [2.24, 2.45) is 5.41 Å². The Morgan fingerprint density at radius 1 is 0.947 bits per heavy atom. The number of ether oxygens (including phenoxy) is 3. The molecule has 4 heteroatoms. The molecule has 1 atom stereocenters. The van der Waals surface area contributed by atoms with Gasteiger partial charge in [-0.05, 0) is 12.5 Å². The normalized spacial score (nSPS) is 13.0. The van der Waals surface area contributed by atoms with E-state index in [1.54, 1.807) is 21.3 Å². The first-order chi connectivity index (χ1) is 8.88. The van der Waals surface area contributed by atoms with Gasteiger partial charge in [0, 0.05) is 18.2 Å². The third kappa shape index (κ3) is 3.32. The van der Waals surface area contributed by atoms with Gasteiger partial charge >= 0.3 is 0 Å². The molecule has 0 saturated carbocycles. The largest absolute Gasteiger partial charge is 0.496 e. The molecular weight excluding hydrogens is 242 g/mol. The van der Waals surface area contributed by atoms with Gasteiger partial charge in [-0.25, -0.2) is 0 Å². The van der Waals surface area contributed by atoms with Crippen molar-refractivity contribution < 1.29 is 14.2 Å². The summed E-state index contributed by atoms with van der Waals surface area (Å²) in [6.45, 7) is 6.53. The lowest BCUT2D eigenvalue weighted by Crippen LogP contribution is -2.30. The van der Waals surface area contributed by atoms with Crippen molar-refractivity contribution in [1.29, 1.82) is 0 Å². The Bertz CT molecular complexity index is 399. The highest BCUT2D eigenvalue weighted by atomic mass is 16.5. The molecule has 0 fully saturated rings. The third-order valence-electron chi connectivity index (χ3n) is 3.20. The number of benzene rings is 1. The van der Waals surface area contributed by atoms with E-state index in [0.29, 0.717) is 0 Å². The number of rotatable bonds is 5. The van der Waals surface area contributed by atoms with Crippen LogP contribution in [0.3, 0.4) is 0 Å². The first-order valence-electron chi connectivity index (χ1n) is 6.36. The molecular formula is C15H25NO3. The van der Waals surface area contributed by atoms with E-state index in [2.05, 4.69) is 26.1 Å². The Labute approximate surface area is 116 Å². The van der Waals surface area contributed by atoms with Crippen LogP contribution in [-0.2, 0) is 0 Å². The molecule has 0 aliphatic carbocycles. The van der Waals surface area contributed by atoms with Crippen molar-refractivity contribution in [1.82, 2.24) is 5.32 Å². The fourth-order valence-electron chi connectivity index (χ4n) is 2.33. The van der Waals surface area contributed by atoms with Crippen molar-refractivity contribution in [3.8, 4) is 17.2 Å². The first-order valence-corrected chi connectivity index (χ1v) is 6.36. The Morgan fingerprint density at radius 2 is 1.42 bits per heavy atom. The smallest absolute Gasteiger partial charge is 0.131 e. The number of methoxy groups -OCH3 is 3. The topological polar surface area (TPSA) is 39.7 Å². The Hall–Kier alpha value is -1.42. The van der Waals surface area contributed by atoms with Crippen LogP contribution in [0.1, 0.15) is 32.4 Å². The molecule has 0 heterocycles. The second-order valence-corrected chi connectivity index (χ2v) is 5.53. The molecule has 0 bridgehead atoms. The summed E-state index contributed by atoms with van der Waals surface area (Å²) in [7, 11) is 6.90. The van der Waals surface area contributed by atoms with Crippen molar-refractivity contribution >= 4 is 0 Å². The van der Waals surface area contributed by atoms with Crippen molar-refractivity contribution in [2.45, 2.75) is 26.8 Å². The van der Waals surface area contributed by atoms with Gasteiger partial charge in [0.15, 0.2) is 0 Å². The second kappa shape index (κ2) is 6.15. The maximum atomic E-state index is 5.51. The lowest BCUT2D eigenvalue weighted by molar-refractivity contribution is 0.267. The van der Waals surface area contributed by atoms with E-state index >= 15 is 0 Å². The summed E-state index contributed by atoms with van der Waals surface area (Å²) in [5, 5.41) is 3.34. The minimum absolute atomic E-state index is 0.0316. The molecule has 0 aromatic heterocycles. The molecule has 1 N–H and O–H groups in total. The standard InChI is InChI=1S/C15H25NO3/c1-15(2,3)14(16-4)13-11(18-6)8-10(17-5)9-12(13)19-7/h8-9,14,16H,1-7H3. The highest BCUT2D eigenvalue weighted by Crippen LogP contribution is 2.44. The summed E-state index contributed by atoms with van der Waals surface area (Å²) in [5.41, 5.74) is 1.05. The van der Waals surface area contributed by atoms with E-state index in [1.165, 1.54) is 0 Å². The Kier molecular flexibility index (Phi) is 5.06. The van der Waals surface area contributed by atoms with Crippen molar-refractivity contribution in [2.75, 3.05) is 28.4 Å². The summed E-state index contributed by atoms with van der Waals surface area (Å²) in [4.78, 5) is 0. The van der Waals surface area contributed by atoms with E-state index in [1.807, 2.05) is 19.2 Å². The predicted molar refractivity (Wildman–Crippen MR) is 77.4 cm³/mol. The van der Waals surface area contributed by atoms with E-state index in [-0.39, 0.29) is 11.5 Å². The average Bonchev–Trinajstić information content (AvgIpc) is 2.37. The quantitative estimate of drug-likeness (QED) is 0.890. The molecule has 4 nitrogen and oxygen atoms in total. The Morgan fingerprint density at radius 3 is 1.68 bits per heavy atom. The molecule has 0 amide bonds. The lowest BCUT2D eigenvalue weighted by atomic mass is 9.81. The van der Waals surface area contributed by atoms with E-state index in [4.69, 9.17) is 14.2 Å². The molecule has 0 aliphatic heterocycles. The van der Waals surface area contributed by atoms with Crippen molar-refractivity contribution in [3.05, 3.63) is 17.7 Å². The fraction of sp³-hybridized carbons (Fsp3) is 0.600. The van der Waals surface area contributed by atoms with Gasteiger partial charge in [0.05, 0.1) is 26.9 Å². The third-order valence-corrected chi connectivity index (χ3v) is 3.20. The molecule has 1 aromatic carbocycles. The molecule has 0 radical (unpaired) electrons. The predicted octanol–water partition coefficient (Wildman–Crippen LogP) is 3.02. The SMILES string of the molecule is CNC(c1c(OC)cc(OC)cc1OC)C(C)(C)C. The molecule has 1 aromatic rings. The number of hydrogen-bond acceptors (Lipinski definition) is 4. The summed E-state index contributed by atoms with van der Waals surface area (Å²) >= 11 is 0. The van der Waals surface area contributed by atoms with Crippen LogP contribution in [0.15, 0.2) is 12.1 Å². The molecule has 0 saturated heterocycles. The average molecular weight is 267 g/mol. The zero-order chi connectivity index (χ0) is 14.6. The van der Waals surface area contributed by atoms with Crippen molar-refractivity contribution in [3.63, 3.8) is 0 Å². The maximum absolute atomic E-state index is 5.51.